The molecular formula is C16H24FNO. The predicted octanol–water partition coefficient (Wildman–Crippen LogP) is 3.83. The van der Waals surface area contributed by atoms with Crippen molar-refractivity contribution in [1.29, 1.82) is 0 Å². The largest absolute Gasteiger partial charge is 0.487 e. The third-order valence-corrected chi connectivity index (χ3v) is 3.93. The number of ether oxygens (including phenoxy) is 1. The van der Waals surface area contributed by atoms with Crippen LogP contribution < -0.4 is 10.1 Å². The van der Waals surface area contributed by atoms with Gasteiger partial charge in [0.1, 0.15) is 17.2 Å². The Labute approximate surface area is 115 Å². The van der Waals surface area contributed by atoms with E-state index in [0.29, 0.717) is 5.75 Å². The van der Waals surface area contributed by atoms with Crippen LogP contribution in [0.3, 0.4) is 0 Å². The molecule has 2 rings (SSSR count). The first kappa shape index (κ1) is 14.3. The average Bonchev–Trinajstić information content (AvgIpc) is 2.35. The highest BCUT2D eigenvalue weighted by atomic mass is 19.1. The molecule has 19 heavy (non-hydrogen) atoms. The molecule has 0 spiro atoms. The van der Waals surface area contributed by atoms with Crippen LogP contribution in [-0.2, 0) is 0 Å². The summed E-state index contributed by atoms with van der Waals surface area (Å²) in [6.45, 7) is 6.16. The maximum atomic E-state index is 13.3. The molecule has 2 nitrogen and oxygen atoms in total. The lowest BCUT2D eigenvalue weighted by Gasteiger charge is -2.42. The Kier molecular flexibility index (Phi) is 4.81. The van der Waals surface area contributed by atoms with E-state index in [1.165, 1.54) is 18.6 Å². The maximum absolute atomic E-state index is 13.3. The van der Waals surface area contributed by atoms with Gasteiger partial charge in [0.25, 0.3) is 0 Å². The minimum Gasteiger partial charge on any atom is -0.487 e. The molecular weight excluding hydrogens is 241 g/mol. The van der Waals surface area contributed by atoms with Crippen LogP contribution in [-0.4, -0.2) is 18.7 Å². The highest BCUT2D eigenvalue weighted by Crippen LogP contribution is 2.40. The molecule has 0 aliphatic heterocycles. The Hall–Kier alpha value is -1.09. The Morgan fingerprint density at radius 2 is 2.11 bits per heavy atom. The third-order valence-electron chi connectivity index (χ3n) is 3.93. The summed E-state index contributed by atoms with van der Waals surface area (Å²) in [5.74, 6) is 0.481. The molecule has 1 aliphatic rings. The summed E-state index contributed by atoms with van der Waals surface area (Å²) >= 11 is 0. The van der Waals surface area contributed by atoms with E-state index < -0.39 is 0 Å². The molecule has 1 N–H and O–H groups in total. The molecule has 106 valence electrons. The van der Waals surface area contributed by atoms with Crippen molar-refractivity contribution >= 4 is 0 Å². The first-order valence-electron chi connectivity index (χ1n) is 7.31. The summed E-state index contributed by atoms with van der Waals surface area (Å²) in [7, 11) is 0. The highest BCUT2D eigenvalue weighted by Gasteiger charge is 2.39. The summed E-state index contributed by atoms with van der Waals surface area (Å²) < 4.78 is 19.5. The highest BCUT2D eigenvalue weighted by molar-refractivity contribution is 5.33. The van der Waals surface area contributed by atoms with Crippen molar-refractivity contribution in [2.45, 2.75) is 51.6 Å². The van der Waals surface area contributed by atoms with E-state index in [1.807, 2.05) is 6.92 Å². The van der Waals surface area contributed by atoms with Gasteiger partial charge in [0, 0.05) is 6.07 Å². The van der Waals surface area contributed by atoms with E-state index in [9.17, 15) is 4.39 Å². The molecule has 0 aromatic heterocycles. The van der Waals surface area contributed by atoms with Gasteiger partial charge in [0.2, 0.25) is 0 Å². The fraction of sp³-hybridized carbons (Fsp3) is 0.625. The normalized spacial score (nSPS) is 17.0. The lowest BCUT2D eigenvalue weighted by Crippen LogP contribution is -2.45. The number of aryl methyl sites for hydroxylation is 1. The number of benzene rings is 1. The second-order valence-electron chi connectivity index (χ2n) is 5.55. The fourth-order valence-electron chi connectivity index (χ4n) is 2.51. The smallest absolute Gasteiger partial charge is 0.126 e. The van der Waals surface area contributed by atoms with Crippen LogP contribution in [0.5, 0.6) is 5.75 Å². The van der Waals surface area contributed by atoms with Gasteiger partial charge in [-0.15, -0.1) is 0 Å². The standard InChI is InChI=1S/C16H24FNO/c1-3-10-18-11-9-16(7-4-8-16)19-15-12-14(17)6-5-13(15)2/h5-6,12,18H,3-4,7-11H2,1-2H3. The molecule has 0 saturated heterocycles. The number of nitrogens with one attached hydrogen (secondary N) is 1. The third kappa shape index (κ3) is 3.69. The van der Waals surface area contributed by atoms with Crippen molar-refractivity contribution in [3.05, 3.63) is 29.6 Å². The topological polar surface area (TPSA) is 21.3 Å². The van der Waals surface area contributed by atoms with Crippen molar-refractivity contribution < 1.29 is 9.13 Å². The number of rotatable bonds is 7. The SMILES string of the molecule is CCCNCCC1(Oc2cc(F)ccc2C)CCC1. The Bertz CT molecular complexity index is 415. The fourth-order valence-corrected chi connectivity index (χ4v) is 2.51. The zero-order valence-corrected chi connectivity index (χ0v) is 12.0. The molecule has 0 heterocycles. The molecule has 0 atom stereocenters. The van der Waals surface area contributed by atoms with E-state index in [1.54, 1.807) is 6.07 Å². The quantitative estimate of drug-likeness (QED) is 0.757. The second-order valence-corrected chi connectivity index (χ2v) is 5.55. The van der Waals surface area contributed by atoms with E-state index in [2.05, 4.69) is 12.2 Å². The molecule has 0 radical (unpaired) electrons. The van der Waals surface area contributed by atoms with Gasteiger partial charge >= 0.3 is 0 Å². The van der Waals surface area contributed by atoms with Gasteiger partial charge in [-0.2, -0.15) is 0 Å². The van der Waals surface area contributed by atoms with Crippen molar-refractivity contribution in [3.8, 4) is 5.75 Å². The van der Waals surface area contributed by atoms with Gasteiger partial charge in [-0.05, 0) is 63.7 Å². The summed E-state index contributed by atoms with van der Waals surface area (Å²) in [6.07, 6.45) is 5.52. The Balaban J connectivity index is 1.96. The zero-order chi connectivity index (χ0) is 13.7. The number of hydrogen-bond acceptors (Lipinski definition) is 2. The van der Waals surface area contributed by atoms with Crippen LogP contribution in [0.15, 0.2) is 18.2 Å². The van der Waals surface area contributed by atoms with Gasteiger partial charge in [-0.25, -0.2) is 4.39 Å². The first-order valence-corrected chi connectivity index (χ1v) is 7.31. The summed E-state index contributed by atoms with van der Waals surface area (Å²) in [5, 5.41) is 3.42. The van der Waals surface area contributed by atoms with Crippen LogP contribution >= 0.6 is 0 Å². The Morgan fingerprint density at radius 3 is 2.74 bits per heavy atom. The minimum atomic E-state index is -0.223. The molecule has 1 saturated carbocycles. The van der Waals surface area contributed by atoms with Crippen molar-refractivity contribution in [1.82, 2.24) is 5.32 Å². The molecule has 1 aromatic carbocycles. The monoisotopic (exact) mass is 265 g/mol. The molecule has 0 bridgehead atoms. The number of halogens is 1. The van der Waals surface area contributed by atoms with Crippen LogP contribution in [0.1, 0.15) is 44.6 Å². The van der Waals surface area contributed by atoms with Crippen LogP contribution in [0, 0.1) is 12.7 Å². The van der Waals surface area contributed by atoms with Crippen LogP contribution in [0.25, 0.3) is 0 Å². The molecule has 1 fully saturated rings. The predicted molar refractivity (Wildman–Crippen MR) is 76.1 cm³/mol. The van der Waals surface area contributed by atoms with E-state index in [0.717, 1.165) is 44.3 Å². The molecule has 0 unspecified atom stereocenters. The lowest BCUT2D eigenvalue weighted by molar-refractivity contribution is -0.0149. The van der Waals surface area contributed by atoms with Crippen molar-refractivity contribution in [2.24, 2.45) is 0 Å². The van der Waals surface area contributed by atoms with E-state index in [4.69, 9.17) is 4.74 Å². The molecule has 3 heteroatoms. The lowest BCUT2D eigenvalue weighted by atomic mass is 9.77. The zero-order valence-electron chi connectivity index (χ0n) is 12.0. The summed E-state index contributed by atoms with van der Waals surface area (Å²) in [4.78, 5) is 0. The van der Waals surface area contributed by atoms with E-state index in [-0.39, 0.29) is 11.4 Å². The molecule has 1 aromatic rings. The molecule has 1 aliphatic carbocycles. The van der Waals surface area contributed by atoms with Crippen molar-refractivity contribution in [2.75, 3.05) is 13.1 Å². The maximum Gasteiger partial charge on any atom is 0.126 e. The van der Waals surface area contributed by atoms with Gasteiger partial charge in [-0.3, -0.25) is 0 Å². The number of hydrogen-bond donors (Lipinski definition) is 1. The average molecular weight is 265 g/mol. The molecule has 0 amide bonds. The summed E-state index contributed by atoms with van der Waals surface area (Å²) in [6, 6.07) is 4.78. The first-order chi connectivity index (χ1) is 9.15. The van der Waals surface area contributed by atoms with Gasteiger partial charge in [-0.1, -0.05) is 13.0 Å². The van der Waals surface area contributed by atoms with Crippen LogP contribution in [0.2, 0.25) is 0 Å². The minimum absolute atomic E-state index is 0.0701. The summed E-state index contributed by atoms with van der Waals surface area (Å²) in [5.41, 5.74) is 0.938. The van der Waals surface area contributed by atoms with Gasteiger partial charge in [0.05, 0.1) is 0 Å². The van der Waals surface area contributed by atoms with Crippen molar-refractivity contribution in [3.63, 3.8) is 0 Å². The van der Waals surface area contributed by atoms with E-state index >= 15 is 0 Å². The van der Waals surface area contributed by atoms with Gasteiger partial charge < -0.3 is 10.1 Å². The second kappa shape index (κ2) is 6.38. The van der Waals surface area contributed by atoms with Gasteiger partial charge in [0.15, 0.2) is 0 Å². The Morgan fingerprint density at radius 1 is 1.32 bits per heavy atom. The van der Waals surface area contributed by atoms with Crippen LogP contribution in [0.4, 0.5) is 4.39 Å².